The van der Waals surface area contributed by atoms with Crippen LogP contribution < -0.4 is 0 Å². The molecule has 0 unspecified atom stereocenters. The lowest BCUT2D eigenvalue weighted by molar-refractivity contribution is 0.0953. The van der Waals surface area contributed by atoms with Crippen LogP contribution in [0.3, 0.4) is 0 Å². The Bertz CT molecular complexity index is 805. The molecule has 1 atom stereocenters. The lowest BCUT2D eigenvalue weighted by atomic mass is 9.80. The van der Waals surface area contributed by atoms with Crippen LogP contribution in [0.1, 0.15) is 46.4 Å². The lowest BCUT2D eigenvalue weighted by Crippen LogP contribution is -2.20. The maximum Gasteiger partial charge on any atom is 0.188 e. The summed E-state index contributed by atoms with van der Waals surface area (Å²) in [6, 6.07) is 14.8. The molecule has 0 radical (unpaired) electrons. The lowest BCUT2D eigenvalue weighted by Gasteiger charge is -2.23. The number of rotatable bonds is 5. The Labute approximate surface area is 164 Å². The molecule has 0 amide bonds. The van der Waals surface area contributed by atoms with Crippen molar-refractivity contribution in [1.29, 1.82) is 0 Å². The molecule has 0 aliphatic heterocycles. The van der Waals surface area contributed by atoms with Gasteiger partial charge in [-0.2, -0.15) is 0 Å². The third-order valence-corrected chi connectivity index (χ3v) is 5.58. The number of benzene rings is 2. The average molecular weight is 462 g/mol. The summed E-state index contributed by atoms with van der Waals surface area (Å²) < 4.78 is 1.90. The van der Waals surface area contributed by atoms with Crippen molar-refractivity contribution in [1.82, 2.24) is 0 Å². The van der Waals surface area contributed by atoms with Gasteiger partial charge in [-0.25, -0.2) is 0 Å². The van der Waals surface area contributed by atoms with E-state index in [4.69, 9.17) is 0 Å². The third-order valence-electron chi connectivity index (χ3n) is 4.53. The van der Waals surface area contributed by atoms with Crippen LogP contribution in [0.4, 0.5) is 0 Å². The molecule has 0 fully saturated rings. The van der Waals surface area contributed by atoms with Crippen molar-refractivity contribution < 1.29 is 9.59 Å². The number of halogens is 2. The van der Waals surface area contributed by atoms with E-state index in [-0.39, 0.29) is 17.5 Å². The SMILES string of the molecule is O=C(C[C@H]1CCCC=C1C(=O)c1ccc(Br)cc1)c1ccc(Br)cc1. The summed E-state index contributed by atoms with van der Waals surface area (Å²) in [5, 5.41) is 0. The van der Waals surface area contributed by atoms with Gasteiger partial charge in [0.25, 0.3) is 0 Å². The molecular formula is C21H18Br2O2. The van der Waals surface area contributed by atoms with Gasteiger partial charge in [-0.15, -0.1) is 0 Å². The van der Waals surface area contributed by atoms with Crippen LogP contribution in [0.5, 0.6) is 0 Å². The number of carbonyl (C=O) groups is 2. The van der Waals surface area contributed by atoms with Crippen molar-refractivity contribution in [3.8, 4) is 0 Å². The largest absolute Gasteiger partial charge is 0.294 e. The minimum absolute atomic E-state index is 0.000966. The molecule has 0 heterocycles. The maximum atomic E-state index is 12.9. The number of hydrogen-bond acceptors (Lipinski definition) is 2. The van der Waals surface area contributed by atoms with E-state index in [1.54, 1.807) is 0 Å². The van der Waals surface area contributed by atoms with Crippen molar-refractivity contribution >= 4 is 43.4 Å². The highest BCUT2D eigenvalue weighted by atomic mass is 79.9. The molecule has 3 rings (SSSR count). The molecule has 0 saturated carbocycles. The minimum atomic E-state index is 0.000966. The average Bonchev–Trinajstić information content (AvgIpc) is 2.63. The Hall–Kier alpha value is -1.52. The highest BCUT2D eigenvalue weighted by molar-refractivity contribution is 9.10. The quantitative estimate of drug-likeness (QED) is 0.483. The normalized spacial score (nSPS) is 17.0. The summed E-state index contributed by atoms with van der Waals surface area (Å²) >= 11 is 6.78. The number of carbonyl (C=O) groups excluding carboxylic acids is 2. The Kier molecular flexibility index (Phi) is 6.02. The monoisotopic (exact) mass is 460 g/mol. The van der Waals surface area contributed by atoms with Crippen LogP contribution in [0.25, 0.3) is 0 Å². The Morgan fingerprint density at radius 3 is 2.04 bits per heavy atom. The second-order valence-corrected chi connectivity index (χ2v) is 8.09. The third kappa shape index (κ3) is 4.56. The maximum absolute atomic E-state index is 12.9. The Morgan fingerprint density at radius 1 is 0.880 bits per heavy atom. The van der Waals surface area contributed by atoms with Crippen LogP contribution in [0, 0.1) is 5.92 Å². The van der Waals surface area contributed by atoms with Gasteiger partial charge in [-0.1, -0.05) is 50.1 Å². The van der Waals surface area contributed by atoms with Crippen molar-refractivity contribution in [2.45, 2.75) is 25.7 Å². The van der Waals surface area contributed by atoms with Gasteiger partial charge >= 0.3 is 0 Å². The summed E-state index contributed by atoms with van der Waals surface area (Å²) in [4.78, 5) is 25.5. The fraction of sp³-hybridized carbons (Fsp3) is 0.238. The molecule has 4 heteroatoms. The van der Waals surface area contributed by atoms with Crippen molar-refractivity contribution in [3.63, 3.8) is 0 Å². The van der Waals surface area contributed by atoms with Gasteiger partial charge in [0.1, 0.15) is 0 Å². The first-order valence-electron chi connectivity index (χ1n) is 8.33. The zero-order chi connectivity index (χ0) is 17.8. The standard InChI is InChI=1S/C21H18Br2O2/c22-17-9-5-14(6-10-17)20(24)13-16-3-1-2-4-19(16)21(25)15-7-11-18(23)12-8-15/h4-12,16H,1-3,13H2/t16-/m1/s1. The molecule has 25 heavy (non-hydrogen) atoms. The first-order valence-corrected chi connectivity index (χ1v) is 9.92. The van der Waals surface area contributed by atoms with E-state index in [1.165, 1.54) is 0 Å². The van der Waals surface area contributed by atoms with Gasteiger partial charge in [0.15, 0.2) is 11.6 Å². The number of Topliss-reactive ketones (excluding diaryl/α,β-unsaturated/α-hetero) is 2. The smallest absolute Gasteiger partial charge is 0.188 e. The van der Waals surface area contributed by atoms with Crippen LogP contribution >= 0.6 is 31.9 Å². The minimum Gasteiger partial charge on any atom is -0.294 e. The van der Waals surface area contributed by atoms with Gasteiger partial charge in [0.05, 0.1) is 0 Å². The van der Waals surface area contributed by atoms with E-state index in [1.807, 2.05) is 54.6 Å². The zero-order valence-corrected chi connectivity index (χ0v) is 16.8. The predicted octanol–water partition coefficient (Wildman–Crippen LogP) is 6.39. The van der Waals surface area contributed by atoms with Crippen LogP contribution in [-0.4, -0.2) is 11.6 Å². The first-order chi connectivity index (χ1) is 12.0. The molecule has 2 nitrogen and oxygen atoms in total. The van der Waals surface area contributed by atoms with Gasteiger partial charge in [0.2, 0.25) is 0 Å². The van der Waals surface area contributed by atoms with E-state index < -0.39 is 0 Å². The summed E-state index contributed by atoms with van der Waals surface area (Å²) in [5.41, 5.74) is 2.17. The van der Waals surface area contributed by atoms with Gasteiger partial charge in [-0.3, -0.25) is 9.59 Å². The van der Waals surface area contributed by atoms with Gasteiger partial charge < -0.3 is 0 Å². The highest BCUT2D eigenvalue weighted by Gasteiger charge is 2.26. The zero-order valence-electron chi connectivity index (χ0n) is 13.7. The fourth-order valence-electron chi connectivity index (χ4n) is 3.18. The number of hydrogen-bond donors (Lipinski definition) is 0. The summed E-state index contributed by atoms with van der Waals surface area (Å²) in [6.07, 6.45) is 5.22. The molecule has 0 spiro atoms. The molecule has 0 N–H and O–H groups in total. The van der Waals surface area contributed by atoms with E-state index >= 15 is 0 Å². The molecule has 128 valence electrons. The van der Waals surface area contributed by atoms with Crippen LogP contribution in [0.2, 0.25) is 0 Å². The van der Waals surface area contributed by atoms with Gasteiger partial charge in [0, 0.05) is 26.5 Å². The van der Waals surface area contributed by atoms with Crippen LogP contribution in [-0.2, 0) is 0 Å². The second kappa shape index (κ2) is 8.24. The molecule has 1 aliphatic rings. The van der Waals surface area contributed by atoms with E-state index in [0.717, 1.165) is 33.8 Å². The molecule has 2 aromatic rings. The number of allylic oxidation sites excluding steroid dienone is 2. The molecular weight excluding hydrogens is 444 g/mol. The Balaban J connectivity index is 1.77. The summed E-state index contributed by atoms with van der Waals surface area (Å²) in [6.45, 7) is 0. The molecule has 0 aromatic heterocycles. The highest BCUT2D eigenvalue weighted by Crippen LogP contribution is 2.31. The van der Waals surface area contributed by atoms with Gasteiger partial charge in [-0.05, 0) is 67.2 Å². The van der Waals surface area contributed by atoms with Crippen molar-refractivity contribution in [3.05, 3.63) is 80.3 Å². The number of ketones is 2. The van der Waals surface area contributed by atoms with Crippen molar-refractivity contribution in [2.75, 3.05) is 0 Å². The summed E-state index contributed by atoms with van der Waals surface area (Å²) in [5.74, 6) is 0.135. The summed E-state index contributed by atoms with van der Waals surface area (Å²) in [7, 11) is 0. The first kappa shape index (κ1) is 18.3. The van der Waals surface area contributed by atoms with Crippen LogP contribution in [0.15, 0.2) is 69.1 Å². The molecule has 0 saturated heterocycles. The fourth-order valence-corrected chi connectivity index (χ4v) is 3.71. The predicted molar refractivity (Wildman–Crippen MR) is 107 cm³/mol. The van der Waals surface area contributed by atoms with E-state index in [2.05, 4.69) is 31.9 Å². The molecule has 2 aromatic carbocycles. The molecule has 1 aliphatic carbocycles. The Morgan fingerprint density at radius 2 is 1.44 bits per heavy atom. The topological polar surface area (TPSA) is 34.1 Å². The molecule has 0 bridgehead atoms. The second-order valence-electron chi connectivity index (χ2n) is 6.26. The van der Waals surface area contributed by atoms with E-state index in [0.29, 0.717) is 17.5 Å². The van der Waals surface area contributed by atoms with Crippen molar-refractivity contribution in [2.24, 2.45) is 5.92 Å². The van der Waals surface area contributed by atoms with E-state index in [9.17, 15) is 9.59 Å².